The van der Waals surface area contributed by atoms with Crippen molar-refractivity contribution in [3.63, 3.8) is 0 Å². The molecule has 0 saturated carbocycles. The number of nitrogens with two attached hydrogens (primary N) is 1. The summed E-state index contributed by atoms with van der Waals surface area (Å²) < 4.78 is 57.6. The number of nitrogen functional groups attached to an aromatic ring is 1. The highest BCUT2D eigenvalue weighted by atomic mass is 16.5. The number of rotatable bonds is 14. The first-order valence-electron chi connectivity index (χ1n) is 34.2. The Labute approximate surface area is 602 Å². The molecular weight excluding hydrogens is 1330 g/mol. The summed E-state index contributed by atoms with van der Waals surface area (Å²) in [6, 6.07) is 51.4. The van der Waals surface area contributed by atoms with Crippen molar-refractivity contribution in [2.24, 2.45) is 0 Å². The molecule has 1 aromatic heterocycles. The van der Waals surface area contributed by atoms with Crippen molar-refractivity contribution in [2.45, 2.75) is 98.4 Å². The third-order valence-corrected chi connectivity index (χ3v) is 20.0. The molecule has 4 amide bonds. The first kappa shape index (κ1) is 72.4. The summed E-state index contributed by atoms with van der Waals surface area (Å²) in [6.07, 6.45) is -1.08. The minimum atomic E-state index is -0.885. The van der Waals surface area contributed by atoms with Crippen molar-refractivity contribution in [1.29, 1.82) is 0 Å². The zero-order chi connectivity index (χ0) is 73.3. The number of aliphatic hydroxyl groups excluding tert-OH is 2. The van der Waals surface area contributed by atoms with Gasteiger partial charge in [0.05, 0.1) is 93.8 Å². The van der Waals surface area contributed by atoms with Gasteiger partial charge in [-0.3, -0.25) is 23.7 Å². The molecular formula is C81H85N7O16. The van der Waals surface area contributed by atoms with Gasteiger partial charge in [-0.05, 0) is 52.6 Å². The number of fused-ring (bicyclic) bond motifs is 8. The molecule has 13 rings (SSSR count). The zero-order valence-corrected chi connectivity index (χ0v) is 59.0. The summed E-state index contributed by atoms with van der Waals surface area (Å²) >= 11 is 0. The summed E-state index contributed by atoms with van der Waals surface area (Å²) in [5, 5.41) is 32.1. The lowest BCUT2D eigenvalue weighted by Crippen LogP contribution is -2.41. The lowest BCUT2D eigenvalue weighted by molar-refractivity contribution is -0.125. The number of nitrogens with zero attached hydrogens (tertiary/aromatic N) is 2. The van der Waals surface area contributed by atoms with Crippen LogP contribution in [0.15, 0.2) is 187 Å². The van der Waals surface area contributed by atoms with Crippen molar-refractivity contribution in [3.8, 4) is 46.0 Å². The van der Waals surface area contributed by atoms with Gasteiger partial charge in [-0.15, -0.1) is 0 Å². The fraction of sp³-hybridized carbons (Fsp3) is 0.309. The molecule has 104 heavy (non-hydrogen) atoms. The predicted octanol–water partition coefficient (Wildman–Crippen LogP) is 10.1. The largest absolute Gasteiger partial charge is 0.496 e. The third kappa shape index (κ3) is 15.1. The Morgan fingerprint density at radius 1 is 0.404 bits per heavy atom. The smallest absolute Gasteiger partial charge is 0.351 e. The van der Waals surface area contributed by atoms with Crippen molar-refractivity contribution in [2.75, 3.05) is 69.2 Å². The molecule has 1 aliphatic carbocycles. The van der Waals surface area contributed by atoms with Gasteiger partial charge < -0.3 is 79.8 Å². The van der Waals surface area contributed by atoms with E-state index >= 15 is 19.2 Å². The summed E-state index contributed by atoms with van der Waals surface area (Å²) in [5.41, 5.74) is 12.2. The van der Waals surface area contributed by atoms with E-state index in [0.717, 1.165) is 22.3 Å². The quantitative estimate of drug-likeness (QED) is 0.0532. The number of nitrogens with one attached hydrogen (secondary N) is 4. The first-order valence-corrected chi connectivity index (χ1v) is 34.2. The predicted molar refractivity (Wildman–Crippen MR) is 388 cm³/mol. The Hall–Kier alpha value is -11.4. The Balaban J connectivity index is 0.000000559. The highest BCUT2D eigenvalue weighted by Gasteiger charge is 2.41. The molecule has 0 spiro atoms. The Morgan fingerprint density at radius 3 is 0.865 bits per heavy atom. The molecule has 23 heteroatoms. The van der Waals surface area contributed by atoms with Crippen LogP contribution < -0.4 is 70.6 Å². The van der Waals surface area contributed by atoms with Crippen LogP contribution in [0.2, 0.25) is 0 Å². The molecule has 1 saturated heterocycles. The molecule has 0 radical (unpaired) electrons. The van der Waals surface area contributed by atoms with Crippen LogP contribution in [0.1, 0.15) is 153 Å². The van der Waals surface area contributed by atoms with Crippen LogP contribution in [-0.2, 0) is 23.9 Å². The number of hydrogen-bond acceptors (Lipinski definition) is 18. The number of ether oxygens (including phenoxy) is 9. The molecule has 9 aromatic rings. The Kier molecular flexibility index (Phi) is 22.5. The number of benzene rings is 8. The lowest BCUT2D eigenvalue weighted by Gasteiger charge is -2.31. The van der Waals surface area contributed by atoms with Gasteiger partial charge >= 0.3 is 5.69 Å². The van der Waals surface area contributed by atoms with Crippen LogP contribution in [-0.4, -0.2) is 119 Å². The average molecular weight is 1410 g/mol. The molecule has 4 heterocycles. The average Bonchev–Trinajstić information content (AvgIpc) is 0.981. The third-order valence-electron chi connectivity index (χ3n) is 20.0. The Morgan fingerprint density at radius 2 is 0.654 bits per heavy atom. The van der Waals surface area contributed by atoms with E-state index in [-0.39, 0.29) is 68.2 Å². The van der Waals surface area contributed by atoms with E-state index in [1.807, 2.05) is 146 Å². The summed E-state index contributed by atoms with van der Waals surface area (Å²) in [7, 11) is 12.5. The second-order valence-electron chi connectivity index (χ2n) is 25.9. The topological polar surface area (TPSA) is 301 Å². The van der Waals surface area contributed by atoms with Crippen molar-refractivity contribution < 1.29 is 72.0 Å². The van der Waals surface area contributed by atoms with Gasteiger partial charge in [-0.1, -0.05) is 121 Å². The fourth-order valence-electron chi connectivity index (χ4n) is 15.0. The van der Waals surface area contributed by atoms with E-state index in [0.29, 0.717) is 90.5 Å². The SMILES string of the molecule is COc1cc(OC)c2cc1C1CC(=O)N[C@@H](c3ccccc3)[C@H](c3ccccc3)NC(=O)CC2c2cc(c(OC)cc2OC)C2CC(=O)N[C@@H](c3ccccc3)[C@H](c3ccccc3)NC(=O)CC(c3cc2c(OC)cc3OC)c2cc1c(OC)cc2OC.Nc1ccn([C@H]2C[C@H](O)[C@@H](CO)O2)c(=O)n1. The van der Waals surface area contributed by atoms with Crippen molar-refractivity contribution >= 4 is 29.4 Å². The van der Waals surface area contributed by atoms with Gasteiger partial charge in [0.15, 0.2) is 0 Å². The second-order valence-corrected chi connectivity index (χ2v) is 25.9. The number of carbonyl (C=O) groups is 4. The zero-order valence-electron chi connectivity index (χ0n) is 59.0. The van der Waals surface area contributed by atoms with Gasteiger partial charge in [0.25, 0.3) is 0 Å². The van der Waals surface area contributed by atoms with Crippen molar-refractivity contribution in [3.05, 3.63) is 259 Å². The van der Waals surface area contributed by atoms with E-state index in [9.17, 15) is 9.90 Å². The maximum absolute atomic E-state index is 15.7. The maximum Gasteiger partial charge on any atom is 0.351 e. The number of aromatic nitrogens is 2. The monoisotopic (exact) mass is 1410 g/mol. The van der Waals surface area contributed by atoms with Crippen LogP contribution in [0, 0.1) is 0 Å². The van der Waals surface area contributed by atoms with E-state index in [1.165, 1.54) is 16.8 Å². The normalized spacial score (nSPS) is 22.3. The number of aliphatic hydroxyl groups is 2. The minimum Gasteiger partial charge on any atom is -0.496 e. The van der Waals surface area contributed by atoms with Crippen LogP contribution >= 0.6 is 0 Å². The number of anilines is 1. The molecule has 12 bridgehead atoms. The number of carbonyl (C=O) groups excluding carboxylic acids is 4. The molecule has 1 fully saturated rings. The second kappa shape index (κ2) is 32.3. The maximum atomic E-state index is 15.7. The van der Waals surface area contributed by atoms with Crippen LogP contribution in [0.5, 0.6) is 46.0 Å². The van der Waals surface area contributed by atoms with Crippen LogP contribution in [0.4, 0.5) is 5.82 Å². The molecule has 4 aliphatic rings. The van der Waals surface area contributed by atoms with Gasteiger partial charge in [0.1, 0.15) is 64.1 Å². The van der Waals surface area contributed by atoms with Gasteiger partial charge in [0, 0.05) is 131 Å². The van der Waals surface area contributed by atoms with E-state index in [4.69, 9.17) is 53.5 Å². The van der Waals surface area contributed by atoms with E-state index in [1.54, 1.807) is 81.1 Å². The molecule has 8 aromatic carbocycles. The molecule has 3 aliphatic heterocycles. The number of amides is 4. The van der Waals surface area contributed by atoms with Gasteiger partial charge in [0.2, 0.25) is 23.6 Å². The molecule has 7 atom stereocenters. The van der Waals surface area contributed by atoms with Gasteiger partial charge in [-0.25, -0.2) is 4.79 Å². The fourth-order valence-corrected chi connectivity index (χ4v) is 15.0. The number of methoxy groups -OCH3 is 8. The minimum absolute atomic E-state index is 0.138. The summed E-state index contributed by atoms with van der Waals surface area (Å²) in [5.74, 6) is -1.86. The summed E-state index contributed by atoms with van der Waals surface area (Å²) in [4.78, 5) is 77.9. The molecule has 0 unspecified atom stereocenters. The Bertz CT molecular complexity index is 4140. The highest BCUT2D eigenvalue weighted by Crippen LogP contribution is 2.54. The first-order chi connectivity index (χ1) is 50.5. The van der Waals surface area contributed by atoms with E-state index < -0.39 is 72.0 Å². The lowest BCUT2D eigenvalue weighted by atomic mass is 9.77. The van der Waals surface area contributed by atoms with Crippen LogP contribution in [0.25, 0.3) is 0 Å². The summed E-state index contributed by atoms with van der Waals surface area (Å²) in [6.45, 7) is -0.283. The highest BCUT2D eigenvalue weighted by molar-refractivity contribution is 5.84. The number of hydrogen-bond donors (Lipinski definition) is 7. The molecule has 8 N–H and O–H groups in total. The molecule has 23 nitrogen and oxygen atoms in total. The standard InChI is InChI=1S/C72H72N4O12.C9H13N3O4/c1-81-57-37-58(82-2)50-29-49(57)45-33-65(77)73-69(41-21-13-9-14-22-41)70(42-23-15-10-16-24-42)74-66(78)34-46(50)55-32-56(64(88-8)40-63(55)87-7)48-36-68(80)76-72(44-27-19-12-20-28-44)71(43-25-17-11-18-26-43)75-67(79)35-47(51-30-52(48)60(84-4)38-59(51)83-3)54-31-53(45)61(85-5)39-62(54)86-6;10-7-1-2-12(9(15)11-7)8-3-5(14)6(4-13)16-8/h9-32,37-40,45-48,69-72H,33-36H2,1-8H3,(H,73,77)(H,74,78)(H,75,79)(H,76,80);1-2,5-6,8,13-14H,3-4H2,(H2,10,11,15)/t45?,46?,47?,48?,69-,70-,71-,72-;5-,6+,8+/m00/s1. The molecule has 540 valence electrons. The van der Waals surface area contributed by atoms with Crippen LogP contribution in [0.3, 0.4) is 0 Å². The van der Waals surface area contributed by atoms with E-state index in [2.05, 4.69) is 26.3 Å². The van der Waals surface area contributed by atoms with Crippen molar-refractivity contribution in [1.82, 2.24) is 30.8 Å². The van der Waals surface area contributed by atoms with Gasteiger partial charge in [-0.2, -0.15) is 4.98 Å².